The molecule has 1 N–H and O–H groups in total. The van der Waals surface area contributed by atoms with Crippen molar-refractivity contribution in [2.45, 2.75) is 13.0 Å². The van der Waals surface area contributed by atoms with Crippen molar-refractivity contribution < 1.29 is 0 Å². The van der Waals surface area contributed by atoms with Crippen LogP contribution in [0.25, 0.3) is 0 Å². The van der Waals surface area contributed by atoms with E-state index in [0.717, 1.165) is 19.5 Å². The highest BCUT2D eigenvalue weighted by molar-refractivity contribution is 7.09. The normalized spacial score (nSPS) is 10.4. The number of pyridine rings is 1. The summed E-state index contributed by atoms with van der Waals surface area (Å²) in [7, 11) is 0. The number of aromatic nitrogens is 2. The minimum atomic E-state index is 0.897. The first-order valence-corrected chi connectivity index (χ1v) is 5.81. The Morgan fingerprint density at radius 3 is 2.80 bits per heavy atom. The second-order valence-electron chi connectivity index (χ2n) is 3.21. The SMILES string of the molecule is c1cc(CNCCc2nccs2)ccn1. The standard InChI is InChI=1S/C11H13N3S/c1-4-12-5-2-10(1)9-13-6-3-11-14-7-8-15-11/h1-2,4-5,7-8,13H,3,6,9H2. The Hall–Kier alpha value is -1.26. The lowest BCUT2D eigenvalue weighted by molar-refractivity contribution is 0.684. The molecule has 0 fully saturated rings. The van der Waals surface area contributed by atoms with Gasteiger partial charge in [0.25, 0.3) is 0 Å². The van der Waals surface area contributed by atoms with E-state index in [1.807, 2.05) is 36.1 Å². The van der Waals surface area contributed by atoms with Crippen LogP contribution in [0.2, 0.25) is 0 Å². The summed E-state index contributed by atoms with van der Waals surface area (Å²) in [6, 6.07) is 4.05. The minimum absolute atomic E-state index is 0.897. The summed E-state index contributed by atoms with van der Waals surface area (Å²) >= 11 is 1.71. The van der Waals surface area contributed by atoms with Gasteiger partial charge in [-0.2, -0.15) is 0 Å². The highest BCUT2D eigenvalue weighted by Crippen LogP contribution is 2.03. The summed E-state index contributed by atoms with van der Waals surface area (Å²) in [6.07, 6.45) is 6.49. The Kier molecular flexibility index (Phi) is 3.82. The van der Waals surface area contributed by atoms with Crippen molar-refractivity contribution >= 4 is 11.3 Å². The molecule has 78 valence electrons. The molecule has 0 aliphatic rings. The topological polar surface area (TPSA) is 37.8 Å². The van der Waals surface area contributed by atoms with Gasteiger partial charge in [-0.15, -0.1) is 11.3 Å². The lowest BCUT2D eigenvalue weighted by Crippen LogP contribution is -2.16. The maximum absolute atomic E-state index is 4.23. The predicted octanol–water partition coefficient (Wildman–Crippen LogP) is 1.87. The van der Waals surface area contributed by atoms with E-state index in [9.17, 15) is 0 Å². The summed E-state index contributed by atoms with van der Waals surface area (Å²) in [5, 5.41) is 6.58. The zero-order valence-corrected chi connectivity index (χ0v) is 9.20. The van der Waals surface area contributed by atoms with Gasteiger partial charge in [0.05, 0.1) is 5.01 Å². The van der Waals surface area contributed by atoms with Crippen LogP contribution in [-0.4, -0.2) is 16.5 Å². The molecule has 0 atom stereocenters. The third-order valence-electron chi connectivity index (χ3n) is 2.08. The van der Waals surface area contributed by atoms with Crippen molar-refractivity contribution in [1.82, 2.24) is 15.3 Å². The molecule has 0 aliphatic carbocycles. The molecule has 0 saturated carbocycles. The molecule has 2 aromatic rings. The molecular weight excluding hydrogens is 206 g/mol. The van der Waals surface area contributed by atoms with E-state index in [-0.39, 0.29) is 0 Å². The molecule has 2 aromatic heterocycles. The summed E-state index contributed by atoms with van der Waals surface area (Å²) in [5.74, 6) is 0. The van der Waals surface area contributed by atoms with E-state index >= 15 is 0 Å². The molecule has 2 rings (SSSR count). The first kappa shape index (κ1) is 10.3. The van der Waals surface area contributed by atoms with Crippen LogP contribution in [0.4, 0.5) is 0 Å². The summed E-state index contributed by atoms with van der Waals surface area (Å²) in [6.45, 7) is 1.86. The van der Waals surface area contributed by atoms with Crippen molar-refractivity contribution in [3.8, 4) is 0 Å². The Morgan fingerprint density at radius 2 is 2.07 bits per heavy atom. The maximum Gasteiger partial charge on any atom is 0.0937 e. The lowest BCUT2D eigenvalue weighted by Gasteiger charge is -2.02. The Labute approximate surface area is 93.2 Å². The Bertz CT molecular complexity index is 372. The molecule has 0 radical (unpaired) electrons. The molecule has 0 saturated heterocycles. The van der Waals surface area contributed by atoms with Crippen molar-refractivity contribution in [3.05, 3.63) is 46.7 Å². The van der Waals surface area contributed by atoms with Crippen LogP contribution in [0.5, 0.6) is 0 Å². The molecule has 0 aliphatic heterocycles. The Morgan fingerprint density at radius 1 is 1.20 bits per heavy atom. The maximum atomic E-state index is 4.23. The summed E-state index contributed by atoms with van der Waals surface area (Å²) < 4.78 is 0. The number of nitrogens with one attached hydrogen (secondary N) is 1. The average Bonchev–Trinajstić information content (AvgIpc) is 2.79. The minimum Gasteiger partial charge on any atom is -0.312 e. The molecule has 4 heteroatoms. The lowest BCUT2D eigenvalue weighted by atomic mass is 10.3. The highest BCUT2D eigenvalue weighted by atomic mass is 32.1. The van der Waals surface area contributed by atoms with E-state index in [1.54, 1.807) is 11.3 Å². The van der Waals surface area contributed by atoms with Crippen molar-refractivity contribution in [2.75, 3.05) is 6.54 Å². The van der Waals surface area contributed by atoms with Gasteiger partial charge < -0.3 is 5.32 Å². The van der Waals surface area contributed by atoms with Crippen molar-refractivity contribution in [1.29, 1.82) is 0 Å². The number of nitrogens with zero attached hydrogens (tertiary/aromatic N) is 2. The quantitative estimate of drug-likeness (QED) is 0.780. The third-order valence-corrected chi connectivity index (χ3v) is 2.92. The van der Waals surface area contributed by atoms with Gasteiger partial charge in [0.1, 0.15) is 0 Å². The van der Waals surface area contributed by atoms with Gasteiger partial charge in [0.2, 0.25) is 0 Å². The summed E-state index contributed by atoms with van der Waals surface area (Å²) in [5.41, 5.74) is 1.27. The van der Waals surface area contributed by atoms with E-state index in [2.05, 4.69) is 15.3 Å². The number of hydrogen-bond acceptors (Lipinski definition) is 4. The molecule has 0 aromatic carbocycles. The monoisotopic (exact) mass is 219 g/mol. The Balaban J connectivity index is 1.68. The van der Waals surface area contributed by atoms with Crippen molar-refractivity contribution in [2.24, 2.45) is 0 Å². The zero-order valence-electron chi connectivity index (χ0n) is 8.39. The molecule has 0 spiro atoms. The number of rotatable bonds is 5. The van der Waals surface area contributed by atoms with Gasteiger partial charge in [-0.05, 0) is 17.7 Å². The van der Waals surface area contributed by atoms with Crippen LogP contribution in [0.1, 0.15) is 10.6 Å². The predicted molar refractivity (Wildman–Crippen MR) is 61.8 cm³/mol. The van der Waals surface area contributed by atoms with Crippen LogP contribution in [-0.2, 0) is 13.0 Å². The molecule has 0 bridgehead atoms. The van der Waals surface area contributed by atoms with E-state index in [0.29, 0.717) is 0 Å². The highest BCUT2D eigenvalue weighted by Gasteiger charge is 1.95. The molecule has 2 heterocycles. The van der Waals surface area contributed by atoms with Gasteiger partial charge in [0.15, 0.2) is 0 Å². The molecule has 0 amide bonds. The van der Waals surface area contributed by atoms with Gasteiger partial charge >= 0.3 is 0 Å². The smallest absolute Gasteiger partial charge is 0.0937 e. The van der Waals surface area contributed by atoms with E-state index in [1.165, 1.54) is 10.6 Å². The number of hydrogen-bond donors (Lipinski definition) is 1. The molecule has 0 unspecified atom stereocenters. The third kappa shape index (κ3) is 3.42. The molecule has 15 heavy (non-hydrogen) atoms. The van der Waals surface area contributed by atoms with Gasteiger partial charge in [-0.25, -0.2) is 4.98 Å². The van der Waals surface area contributed by atoms with Gasteiger partial charge in [-0.3, -0.25) is 4.98 Å². The van der Waals surface area contributed by atoms with Gasteiger partial charge in [0, 0.05) is 43.5 Å². The molecule has 3 nitrogen and oxygen atoms in total. The number of thiazole rings is 1. The fourth-order valence-corrected chi connectivity index (χ4v) is 1.93. The second-order valence-corrected chi connectivity index (χ2v) is 4.19. The average molecular weight is 219 g/mol. The first-order chi connectivity index (χ1) is 7.45. The van der Waals surface area contributed by atoms with Crippen LogP contribution in [0, 0.1) is 0 Å². The summed E-state index contributed by atoms with van der Waals surface area (Å²) in [4.78, 5) is 8.21. The van der Waals surface area contributed by atoms with Crippen LogP contribution in [0.15, 0.2) is 36.1 Å². The molecular formula is C11H13N3S. The van der Waals surface area contributed by atoms with Crippen molar-refractivity contribution in [3.63, 3.8) is 0 Å². The van der Waals surface area contributed by atoms with E-state index < -0.39 is 0 Å². The second kappa shape index (κ2) is 5.58. The van der Waals surface area contributed by atoms with Crippen LogP contribution < -0.4 is 5.32 Å². The van der Waals surface area contributed by atoms with E-state index in [4.69, 9.17) is 0 Å². The fraction of sp³-hybridized carbons (Fsp3) is 0.273. The fourth-order valence-electron chi connectivity index (χ4n) is 1.31. The van der Waals surface area contributed by atoms with Crippen LogP contribution in [0.3, 0.4) is 0 Å². The largest absolute Gasteiger partial charge is 0.312 e. The van der Waals surface area contributed by atoms with Crippen LogP contribution >= 0.6 is 11.3 Å². The van der Waals surface area contributed by atoms with Gasteiger partial charge in [-0.1, -0.05) is 0 Å². The zero-order chi connectivity index (χ0) is 10.3. The first-order valence-electron chi connectivity index (χ1n) is 4.93.